The summed E-state index contributed by atoms with van der Waals surface area (Å²) in [7, 11) is 1.32. The highest BCUT2D eigenvalue weighted by atomic mass is 79.9. The largest absolute Gasteiger partial charge is 0.486 e. The average Bonchev–Trinajstić information content (AvgIpc) is 3.51. The van der Waals surface area contributed by atoms with Gasteiger partial charge in [-0.05, 0) is 29.8 Å². The number of halogens is 1. The first-order valence-electron chi connectivity index (χ1n) is 11.1. The second-order valence-electron chi connectivity index (χ2n) is 7.59. The van der Waals surface area contributed by atoms with Crippen molar-refractivity contribution >= 4 is 55.9 Å². The van der Waals surface area contributed by atoms with Gasteiger partial charge in [0.05, 0.1) is 12.9 Å². The van der Waals surface area contributed by atoms with Gasteiger partial charge in [0.1, 0.15) is 22.9 Å². The molecule has 37 heavy (non-hydrogen) atoms. The van der Waals surface area contributed by atoms with Crippen molar-refractivity contribution in [2.24, 2.45) is 0 Å². The number of amides is 1. The summed E-state index contributed by atoms with van der Waals surface area (Å²) in [4.78, 5) is 25.4. The predicted molar refractivity (Wildman–Crippen MR) is 149 cm³/mol. The Bertz CT molecular complexity index is 1390. The lowest BCUT2D eigenvalue weighted by Crippen LogP contribution is -2.16. The molecule has 2 heterocycles. The molecule has 0 atom stereocenters. The number of nitrogens with one attached hydrogen (secondary N) is 1. The highest BCUT2D eigenvalue weighted by Crippen LogP contribution is 2.36. The summed E-state index contributed by atoms with van der Waals surface area (Å²) in [5.74, 6) is 0.602. The maximum atomic E-state index is 12.8. The van der Waals surface area contributed by atoms with Crippen LogP contribution in [0.2, 0.25) is 0 Å². The van der Waals surface area contributed by atoms with Crippen molar-refractivity contribution < 1.29 is 19.1 Å². The van der Waals surface area contributed by atoms with Crippen molar-refractivity contribution in [1.29, 1.82) is 0 Å². The molecule has 0 fully saturated rings. The third-order valence-electron chi connectivity index (χ3n) is 5.14. The third-order valence-corrected chi connectivity index (χ3v) is 7.53. The van der Waals surface area contributed by atoms with E-state index in [2.05, 4.69) is 38.0 Å². The van der Waals surface area contributed by atoms with E-state index in [9.17, 15) is 9.59 Å². The molecule has 11 heteroatoms. The zero-order valence-corrected chi connectivity index (χ0v) is 23.1. The second kappa shape index (κ2) is 12.7. The van der Waals surface area contributed by atoms with Crippen molar-refractivity contribution in [1.82, 2.24) is 14.8 Å². The van der Waals surface area contributed by atoms with Crippen LogP contribution in [0, 0.1) is 0 Å². The molecule has 4 aromatic rings. The number of rotatable bonds is 11. The summed E-state index contributed by atoms with van der Waals surface area (Å²) in [6.45, 7) is 4.49. The van der Waals surface area contributed by atoms with Gasteiger partial charge in [-0.2, -0.15) is 0 Å². The lowest BCUT2D eigenvalue weighted by Gasteiger charge is -2.10. The molecule has 0 radical (unpaired) electrons. The zero-order valence-electron chi connectivity index (χ0n) is 19.8. The van der Waals surface area contributed by atoms with Crippen molar-refractivity contribution in [3.8, 4) is 16.9 Å². The van der Waals surface area contributed by atoms with E-state index in [1.807, 2.05) is 64.5 Å². The number of aromatic nitrogens is 3. The van der Waals surface area contributed by atoms with Crippen LogP contribution in [0.15, 0.2) is 82.3 Å². The van der Waals surface area contributed by atoms with E-state index in [-0.39, 0.29) is 18.3 Å². The zero-order chi connectivity index (χ0) is 26.2. The molecule has 2 aromatic heterocycles. The van der Waals surface area contributed by atoms with Crippen LogP contribution >= 0.6 is 39.0 Å². The van der Waals surface area contributed by atoms with Crippen LogP contribution < -0.4 is 10.1 Å². The summed E-state index contributed by atoms with van der Waals surface area (Å²) >= 11 is 5.92. The number of carbonyl (C=O) groups excluding carboxylic acids is 2. The van der Waals surface area contributed by atoms with E-state index in [1.165, 1.54) is 30.2 Å². The Morgan fingerprint density at radius 1 is 1.16 bits per heavy atom. The fraction of sp³-hybridized carbons (Fsp3) is 0.154. The Morgan fingerprint density at radius 3 is 2.62 bits per heavy atom. The van der Waals surface area contributed by atoms with Crippen LogP contribution in [0.3, 0.4) is 0 Å². The number of hydrogen-bond donors (Lipinski definition) is 1. The van der Waals surface area contributed by atoms with E-state index in [4.69, 9.17) is 9.47 Å². The first-order valence-corrected chi connectivity index (χ1v) is 13.7. The van der Waals surface area contributed by atoms with Crippen LogP contribution in [-0.2, 0) is 22.7 Å². The van der Waals surface area contributed by atoms with E-state index in [0.717, 1.165) is 10.0 Å². The number of carbonyl (C=O) groups is 2. The van der Waals surface area contributed by atoms with Gasteiger partial charge >= 0.3 is 5.97 Å². The minimum Gasteiger partial charge on any atom is -0.486 e. The number of nitrogens with zero attached hydrogens (tertiary/aromatic N) is 3. The van der Waals surface area contributed by atoms with Gasteiger partial charge in [0, 0.05) is 22.0 Å². The van der Waals surface area contributed by atoms with Gasteiger partial charge in [-0.1, -0.05) is 64.1 Å². The molecule has 0 unspecified atom stereocenters. The number of allylic oxidation sites excluding steroid dienone is 1. The first-order chi connectivity index (χ1) is 18.0. The van der Waals surface area contributed by atoms with Crippen molar-refractivity contribution in [2.75, 3.05) is 18.2 Å². The van der Waals surface area contributed by atoms with Gasteiger partial charge in [-0.25, -0.2) is 4.79 Å². The maximum Gasteiger partial charge on any atom is 0.341 e. The van der Waals surface area contributed by atoms with E-state index >= 15 is 0 Å². The van der Waals surface area contributed by atoms with Crippen molar-refractivity contribution in [3.63, 3.8) is 0 Å². The molecule has 0 saturated heterocycles. The number of thiophene rings is 1. The Morgan fingerprint density at radius 2 is 1.92 bits per heavy atom. The SMILES string of the molecule is C=CCn1c(COc2ccc(Br)cc2)nnc1SCC(=O)Nc1scc(-c2ccccc2)c1C(=O)OC. The summed E-state index contributed by atoms with van der Waals surface area (Å²) in [6.07, 6.45) is 1.73. The van der Waals surface area contributed by atoms with Gasteiger partial charge in [-0.15, -0.1) is 28.1 Å². The molecule has 8 nitrogen and oxygen atoms in total. The Hall–Kier alpha value is -3.41. The molecular formula is C26H23BrN4O4S2. The van der Waals surface area contributed by atoms with Gasteiger partial charge in [0.15, 0.2) is 11.0 Å². The molecular weight excluding hydrogens is 576 g/mol. The quantitative estimate of drug-likeness (QED) is 0.127. The topological polar surface area (TPSA) is 95.3 Å². The van der Waals surface area contributed by atoms with Gasteiger partial charge < -0.3 is 14.8 Å². The normalized spacial score (nSPS) is 10.6. The lowest BCUT2D eigenvalue weighted by atomic mass is 10.0. The van der Waals surface area contributed by atoms with E-state index in [0.29, 0.717) is 39.4 Å². The monoisotopic (exact) mass is 598 g/mol. The second-order valence-corrected chi connectivity index (χ2v) is 10.3. The molecule has 2 aromatic carbocycles. The minimum atomic E-state index is -0.510. The molecule has 0 aliphatic rings. The van der Waals surface area contributed by atoms with E-state index in [1.54, 1.807) is 6.08 Å². The number of thioether (sulfide) groups is 1. The Kier molecular flexibility index (Phi) is 9.15. The molecule has 0 aliphatic carbocycles. The molecule has 1 N–H and O–H groups in total. The van der Waals surface area contributed by atoms with Crippen LogP contribution in [-0.4, -0.2) is 39.5 Å². The summed E-state index contributed by atoms with van der Waals surface area (Å²) in [5.41, 5.74) is 1.91. The standard InChI is InChI=1S/C26H23BrN4O4S2/c1-3-13-31-21(14-35-19-11-9-18(27)10-12-19)29-30-26(31)37-16-22(32)28-24-23(25(33)34-2)20(15-36-24)17-7-5-4-6-8-17/h3-12,15H,1,13-14,16H2,2H3,(H,28,32). The van der Waals surface area contributed by atoms with Gasteiger partial charge in [0.25, 0.3) is 0 Å². The molecule has 0 aliphatic heterocycles. The van der Waals surface area contributed by atoms with Crippen molar-refractivity contribution in [2.45, 2.75) is 18.3 Å². The number of methoxy groups -OCH3 is 1. The maximum absolute atomic E-state index is 12.8. The van der Waals surface area contributed by atoms with Crippen LogP contribution in [0.5, 0.6) is 5.75 Å². The molecule has 1 amide bonds. The average molecular weight is 600 g/mol. The molecule has 0 bridgehead atoms. The third kappa shape index (κ3) is 6.68. The summed E-state index contributed by atoms with van der Waals surface area (Å²) < 4.78 is 13.6. The lowest BCUT2D eigenvalue weighted by molar-refractivity contribution is -0.113. The van der Waals surface area contributed by atoms with Crippen LogP contribution in [0.1, 0.15) is 16.2 Å². The summed E-state index contributed by atoms with van der Waals surface area (Å²) in [6, 6.07) is 17.0. The minimum absolute atomic E-state index is 0.0715. The number of hydrogen-bond acceptors (Lipinski definition) is 8. The number of esters is 1. The van der Waals surface area contributed by atoms with Gasteiger partial charge in [0.2, 0.25) is 5.91 Å². The molecule has 190 valence electrons. The Labute approximate surface area is 230 Å². The highest BCUT2D eigenvalue weighted by Gasteiger charge is 2.23. The smallest absolute Gasteiger partial charge is 0.341 e. The number of anilines is 1. The summed E-state index contributed by atoms with van der Waals surface area (Å²) in [5, 5.41) is 14.2. The fourth-order valence-electron chi connectivity index (χ4n) is 3.40. The molecule has 0 saturated carbocycles. The predicted octanol–water partition coefficient (Wildman–Crippen LogP) is 6.05. The number of benzene rings is 2. The fourth-order valence-corrected chi connectivity index (χ4v) is 5.41. The highest BCUT2D eigenvalue weighted by molar-refractivity contribution is 9.10. The van der Waals surface area contributed by atoms with Crippen molar-refractivity contribution in [3.05, 3.63) is 88.5 Å². The van der Waals surface area contributed by atoms with E-state index < -0.39 is 5.97 Å². The van der Waals surface area contributed by atoms with Crippen LogP contribution in [0.4, 0.5) is 5.00 Å². The van der Waals surface area contributed by atoms with Crippen LogP contribution in [0.25, 0.3) is 11.1 Å². The number of ether oxygens (including phenoxy) is 2. The molecule has 4 rings (SSSR count). The molecule has 0 spiro atoms. The Balaban J connectivity index is 1.43. The first kappa shape index (κ1) is 26.6. The van der Waals surface area contributed by atoms with Gasteiger partial charge in [-0.3, -0.25) is 9.36 Å².